The lowest BCUT2D eigenvalue weighted by molar-refractivity contribution is -0.149. The van der Waals surface area contributed by atoms with Gasteiger partial charge in [0.2, 0.25) is 0 Å². The summed E-state index contributed by atoms with van der Waals surface area (Å²) in [6, 6.07) is 0. The van der Waals surface area contributed by atoms with Gasteiger partial charge in [-0.25, -0.2) is 0 Å². The van der Waals surface area contributed by atoms with Crippen molar-refractivity contribution < 1.29 is 19.1 Å². The minimum absolute atomic E-state index is 0.0904. The Balaban J connectivity index is 2.01. The molecule has 5 heteroatoms. The van der Waals surface area contributed by atoms with Crippen LogP contribution >= 0.6 is 0 Å². The Bertz CT molecular complexity index is 806. The molecule has 0 aromatic heterocycles. The summed E-state index contributed by atoms with van der Waals surface area (Å²) in [5.41, 5.74) is 0. The minimum atomic E-state index is -0.0904. The summed E-state index contributed by atoms with van der Waals surface area (Å²) in [5, 5.41) is 0. The molecule has 0 bridgehead atoms. The monoisotopic (exact) mass is 670 g/mol. The summed E-state index contributed by atoms with van der Waals surface area (Å²) in [7, 11) is 2.08. The van der Waals surface area contributed by atoms with Crippen LogP contribution in [-0.4, -0.2) is 50.2 Å². The lowest BCUT2D eigenvalue weighted by atomic mass is 9.98. The number of rotatable bonds is 32. The van der Waals surface area contributed by atoms with Crippen LogP contribution in [0.4, 0.5) is 0 Å². The summed E-state index contributed by atoms with van der Waals surface area (Å²) in [6.45, 7) is 7.10. The number of carbonyl (C=O) groups is 2. The maximum Gasteiger partial charge on any atom is 0.305 e. The first-order chi connectivity index (χ1) is 23.6. The Morgan fingerprint density at radius 3 is 1.21 bits per heavy atom. The predicted molar refractivity (Wildman–Crippen MR) is 205 cm³/mol. The second kappa shape index (κ2) is 33.4. The highest BCUT2D eigenvalue weighted by Crippen LogP contribution is 2.24. The first kappa shape index (κ1) is 43.9. The third-order valence-electron chi connectivity index (χ3n) is 9.34. The lowest BCUT2D eigenvalue weighted by Gasteiger charge is -2.18. The molecule has 5 nitrogen and oxygen atoms in total. The second-order valence-corrected chi connectivity index (χ2v) is 14.1. The average molecular weight is 670 g/mol. The summed E-state index contributed by atoms with van der Waals surface area (Å²) >= 11 is 0. The standard InChI is InChI=1S/C43H75NO4/c1-4-6-8-10-12-14-16-18-20-22-24-26-28-30-32-34-42(45)47-38-40-36-44(3)37-41(40)39-48-43(46)35-33-31-29-27-25-23-21-19-17-15-13-11-9-7-5-2/h12-15,18-21,40-41H,4-11,16-17,22-39H2,1-3H3/b14-12-,15-13-,20-18-,21-19-. The number of esters is 2. The quantitative estimate of drug-likeness (QED) is 0.0405. The molecule has 1 saturated heterocycles. The first-order valence-corrected chi connectivity index (χ1v) is 20.2. The number of nitrogens with zero attached hydrogens (tertiary/aromatic N) is 1. The van der Waals surface area contributed by atoms with Gasteiger partial charge in [0.25, 0.3) is 0 Å². The zero-order valence-corrected chi connectivity index (χ0v) is 31.7. The number of hydrogen-bond acceptors (Lipinski definition) is 5. The number of hydrogen-bond donors (Lipinski definition) is 0. The van der Waals surface area contributed by atoms with Gasteiger partial charge in [-0.15, -0.1) is 0 Å². The highest BCUT2D eigenvalue weighted by Gasteiger charge is 2.32. The van der Waals surface area contributed by atoms with E-state index in [4.69, 9.17) is 9.47 Å². The van der Waals surface area contributed by atoms with E-state index in [2.05, 4.69) is 74.4 Å². The van der Waals surface area contributed by atoms with Crippen molar-refractivity contribution in [3.05, 3.63) is 48.6 Å². The van der Waals surface area contributed by atoms with Crippen molar-refractivity contribution >= 4 is 11.9 Å². The number of carbonyl (C=O) groups excluding carboxylic acids is 2. The molecule has 1 aliphatic heterocycles. The summed E-state index contributed by atoms with van der Waals surface area (Å²) in [4.78, 5) is 27.0. The molecule has 0 aliphatic carbocycles. The molecule has 0 aromatic carbocycles. The zero-order valence-electron chi connectivity index (χ0n) is 31.7. The van der Waals surface area contributed by atoms with Gasteiger partial charge in [-0.3, -0.25) is 9.59 Å². The molecule has 0 spiro atoms. The van der Waals surface area contributed by atoms with Crippen LogP contribution < -0.4 is 0 Å². The van der Waals surface area contributed by atoms with Crippen molar-refractivity contribution in [3.63, 3.8) is 0 Å². The maximum atomic E-state index is 12.4. The maximum absolute atomic E-state index is 12.4. The minimum Gasteiger partial charge on any atom is -0.465 e. The molecule has 1 rings (SSSR count). The van der Waals surface area contributed by atoms with E-state index in [-0.39, 0.29) is 23.8 Å². The van der Waals surface area contributed by atoms with E-state index >= 15 is 0 Å². The van der Waals surface area contributed by atoms with Crippen LogP contribution in [0, 0.1) is 11.8 Å². The van der Waals surface area contributed by atoms with E-state index in [0.29, 0.717) is 26.1 Å². The highest BCUT2D eigenvalue weighted by atomic mass is 16.5. The Hall–Kier alpha value is -2.14. The molecule has 0 radical (unpaired) electrons. The lowest BCUT2D eigenvalue weighted by Crippen LogP contribution is -2.25. The first-order valence-electron chi connectivity index (χ1n) is 20.2. The van der Waals surface area contributed by atoms with Crippen LogP contribution in [0.2, 0.25) is 0 Å². The SMILES string of the molecule is CCCCC/C=C\C/C=C\CCCCCCCC(=O)OCC1CN(C)CC1COC(=O)CCCCCCC/C=C\C/C=C\CCCCC. The number of ether oxygens (including phenoxy) is 2. The molecule has 2 atom stereocenters. The van der Waals surface area contributed by atoms with Gasteiger partial charge in [-0.05, 0) is 84.1 Å². The average Bonchev–Trinajstić information content (AvgIpc) is 3.45. The van der Waals surface area contributed by atoms with Crippen LogP contribution in [0.25, 0.3) is 0 Å². The van der Waals surface area contributed by atoms with Crippen LogP contribution in [0.1, 0.15) is 168 Å². The van der Waals surface area contributed by atoms with Gasteiger partial charge in [0.1, 0.15) is 0 Å². The fraction of sp³-hybridized carbons (Fsp3) is 0.767. The molecule has 1 fully saturated rings. The zero-order chi connectivity index (χ0) is 34.8. The topological polar surface area (TPSA) is 55.8 Å². The third kappa shape index (κ3) is 27.8. The van der Waals surface area contributed by atoms with E-state index in [9.17, 15) is 9.59 Å². The molecule has 276 valence electrons. The fourth-order valence-corrected chi connectivity index (χ4v) is 6.26. The number of allylic oxidation sites excluding steroid dienone is 8. The normalized spacial score (nSPS) is 17.1. The fourth-order valence-electron chi connectivity index (χ4n) is 6.26. The van der Waals surface area contributed by atoms with Gasteiger partial charge >= 0.3 is 11.9 Å². The van der Waals surface area contributed by atoms with E-state index in [0.717, 1.165) is 64.5 Å². The largest absolute Gasteiger partial charge is 0.465 e. The van der Waals surface area contributed by atoms with Crippen molar-refractivity contribution in [2.75, 3.05) is 33.4 Å². The molecule has 0 N–H and O–H groups in total. The molecular formula is C43H75NO4. The van der Waals surface area contributed by atoms with E-state index in [1.165, 1.54) is 89.9 Å². The predicted octanol–water partition coefficient (Wildman–Crippen LogP) is 11.9. The van der Waals surface area contributed by atoms with E-state index in [1.54, 1.807) is 0 Å². The third-order valence-corrected chi connectivity index (χ3v) is 9.34. The smallest absolute Gasteiger partial charge is 0.305 e. The van der Waals surface area contributed by atoms with Crippen molar-refractivity contribution in [2.45, 2.75) is 168 Å². The van der Waals surface area contributed by atoms with Gasteiger partial charge < -0.3 is 14.4 Å². The van der Waals surface area contributed by atoms with Crippen LogP contribution in [0.5, 0.6) is 0 Å². The molecule has 2 unspecified atom stereocenters. The Morgan fingerprint density at radius 1 is 0.500 bits per heavy atom. The summed E-state index contributed by atoms with van der Waals surface area (Å²) in [5.74, 6) is 0.277. The Kier molecular flexibility index (Phi) is 30.5. The van der Waals surface area contributed by atoms with Crippen LogP contribution in [0.15, 0.2) is 48.6 Å². The molecule has 0 saturated carbocycles. The van der Waals surface area contributed by atoms with Crippen LogP contribution in [0.3, 0.4) is 0 Å². The van der Waals surface area contributed by atoms with E-state index in [1.807, 2.05) is 0 Å². The molecule has 48 heavy (non-hydrogen) atoms. The second-order valence-electron chi connectivity index (χ2n) is 14.1. The molecule has 1 aliphatic rings. The van der Waals surface area contributed by atoms with Gasteiger partial charge in [-0.2, -0.15) is 0 Å². The molecular weight excluding hydrogens is 594 g/mol. The van der Waals surface area contributed by atoms with Crippen molar-refractivity contribution in [3.8, 4) is 0 Å². The van der Waals surface area contributed by atoms with Crippen molar-refractivity contribution in [1.29, 1.82) is 0 Å². The highest BCUT2D eigenvalue weighted by molar-refractivity contribution is 5.69. The Morgan fingerprint density at radius 2 is 0.833 bits per heavy atom. The van der Waals surface area contributed by atoms with Crippen molar-refractivity contribution in [2.24, 2.45) is 11.8 Å². The van der Waals surface area contributed by atoms with Gasteiger partial charge in [-0.1, -0.05) is 127 Å². The number of unbranched alkanes of at least 4 members (excludes halogenated alkanes) is 16. The van der Waals surface area contributed by atoms with Gasteiger partial charge in [0.05, 0.1) is 13.2 Å². The Labute approximate surface area is 297 Å². The van der Waals surface area contributed by atoms with E-state index < -0.39 is 0 Å². The summed E-state index contributed by atoms with van der Waals surface area (Å²) < 4.78 is 11.3. The van der Waals surface area contributed by atoms with Crippen LogP contribution in [-0.2, 0) is 19.1 Å². The molecule has 0 amide bonds. The van der Waals surface area contributed by atoms with Gasteiger partial charge in [0, 0.05) is 37.8 Å². The summed E-state index contributed by atoms with van der Waals surface area (Å²) in [6.07, 6.45) is 45.2. The molecule has 1 heterocycles. The van der Waals surface area contributed by atoms with Crippen molar-refractivity contribution in [1.82, 2.24) is 4.90 Å². The molecule has 0 aromatic rings. The number of likely N-dealkylation sites (tertiary alicyclic amines) is 1. The van der Waals surface area contributed by atoms with Gasteiger partial charge in [0.15, 0.2) is 0 Å².